The van der Waals surface area contributed by atoms with E-state index in [2.05, 4.69) is 19.0 Å². The number of rotatable bonds is 4. The van der Waals surface area contributed by atoms with Gasteiger partial charge in [0, 0.05) is 5.92 Å². The van der Waals surface area contributed by atoms with Crippen LogP contribution < -0.4 is 4.74 Å². The van der Waals surface area contributed by atoms with Crippen LogP contribution in [-0.2, 0) is 0 Å². The van der Waals surface area contributed by atoms with Crippen molar-refractivity contribution < 1.29 is 9.94 Å². The molecule has 1 aromatic rings. The molecule has 0 amide bonds. The van der Waals surface area contributed by atoms with E-state index in [-0.39, 0.29) is 5.92 Å². The Balaban J connectivity index is 2.91. The largest absolute Gasteiger partial charge is 0.497 e. The van der Waals surface area contributed by atoms with Crippen molar-refractivity contribution in [3.05, 3.63) is 29.8 Å². The van der Waals surface area contributed by atoms with Gasteiger partial charge in [0.1, 0.15) is 5.75 Å². The molecule has 0 fully saturated rings. The van der Waals surface area contributed by atoms with Gasteiger partial charge in [-0.3, -0.25) is 0 Å². The van der Waals surface area contributed by atoms with Crippen LogP contribution in [0.1, 0.15) is 25.3 Å². The number of hydrogen-bond donors (Lipinski definition) is 1. The van der Waals surface area contributed by atoms with Crippen molar-refractivity contribution >= 4 is 6.21 Å². The lowest BCUT2D eigenvalue weighted by Crippen LogP contribution is -2.08. The van der Waals surface area contributed by atoms with Gasteiger partial charge in [0.05, 0.1) is 13.3 Å². The number of hydrogen-bond acceptors (Lipinski definition) is 3. The van der Waals surface area contributed by atoms with Crippen LogP contribution in [0.15, 0.2) is 29.4 Å². The zero-order chi connectivity index (χ0) is 11.3. The molecule has 0 aromatic heterocycles. The Morgan fingerprint density at radius 1 is 1.27 bits per heavy atom. The van der Waals surface area contributed by atoms with Crippen molar-refractivity contribution in [3.8, 4) is 5.75 Å². The molecule has 0 bridgehead atoms. The molecule has 0 aliphatic carbocycles. The Hall–Kier alpha value is -1.51. The second-order valence-electron chi connectivity index (χ2n) is 3.81. The monoisotopic (exact) mass is 207 g/mol. The highest BCUT2D eigenvalue weighted by atomic mass is 16.5. The minimum atomic E-state index is 0.140. The first-order chi connectivity index (χ1) is 7.19. The second-order valence-corrected chi connectivity index (χ2v) is 3.81. The average Bonchev–Trinajstić information content (AvgIpc) is 2.26. The molecule has 3 heteroatoms. The molecule has 0 heterocycles. The number of oxime groups is 1. The predicted molar refractivity (Wildman–Crippen MR) is 60.9 cm³/mol. The summed E-state index contributed by atoms with van der Waals surface area (Å²) in [6.07, 6.45) is 1.56. The van der Waals surface area contributed by atoms with E-state index in [1.165, 1.54) is 0 Å². The molecule has 82 valence electrons. The number of ether oxygens (including phenoxy) is 1. The van der Waals surface area contributed by atoms with Crippen molar-refractivity contribution in [2.24, 2.45) is 11.1 Å². The summed E-state index contributed by atoms with van der Waals surface area (Å²) >= 11 is 0. The van der Waals surface area contributed by atoms with E-state index >= 15 is 0 Å². The van der Waals surface area contributed by atoms with Crippen LogP contribution in [0.5, 0.6) is 5.75 Å². The van der Waals surface area contributed by atoms with Crippen LogP contribution >= 0.6 is 0 Å². The molecule has 0 unspecified atom stereocenters. The van der Waals surface area contributed by atoms with Crippen LogP contribution in [-0.4, -0.2) is 18.5 Å². The summed E-state index contributed by atoms with van der Waals surface area (Å²) in [6, 6.07) is 7.81. The van der Waals surface area contributed by atoms with Gasteiger partial charge in [0.2, 0.25) is 0 Å². The normalized spacial score (nSPS) is 13.3. The molecule has 1 aromatic carbocycles. The fourth-order valence-corrected chi connectivity index (χ4v) is 1.54. The van der Waals surface area contributed by atoms with Gasteiger partial charge in [0.15, 0.2) is 0 Å². The molecule has 0 aliphatic rings. The van der Waals surface area contributed by atoms with Gasteiger partial charge < -0.3 is 9.94 Å². The summed E-state index contributed by atoms with van der Waals surface area (Å²) in [5.74, 6) is 1.37. The molecule has 0 spiro atoms. The molecular weight excluding hydrogens is 190 g/mol. The topological polar surface area (TPSA) is 41.8 Å². The Kier molecular flexibility index (Phi) is 4.16. The van der Waals surface area contributed by atoms with Crippen molar-refractivity contribution in [3.63, 3.8) is 0 Å². The van der Waals surface area contributed by atoms with Crippen LogP contribution in [0, 0.1) is 5.92 Å². The summed E-state index contributed by atoms with van der Waals surface area (Å²) in [6.45, 7) is 4.19. The van der Waals surface area contributed by atoms with Crippen LogP contribution in [0.2, 0.25) is 0 Å². The Morgan fingerprint density at radius 2 is 1.87 bits per heavy atom. The lowest BCUT2D eigenvalue weighted by molar-refractivity contribution is 0.318. The van der Waals surface area contributed by atoms with Gasteiger partial charge in [-0.15, -0.1) is 5.16 Å². The summed E-state index contributed by atoms with van der Waals surface area (Å²) in [5, 5.41) is 11.7. The standard InChI is InChI=1S/C12H17NO2/c1-9(2)12(8-13-14)10-4-6-11(15-3)7-5-10/h4-9,12,14H,1-3H3/b13-8+/t12-/m0/s1. The van der Waals surface area contributed by atoms with Gasteiger partial charge in [-0.05, 0) is 23.6 Å². The van der Waals surface area contributed by atoms with Crippen molar-refractivity contribution in [2.45, 2.75) is 19.8 Å². The van der Waals surface area contributed by atoms with Gasteiger partial charge in [-0.2, -0.15) is 0 Å². The summed E-state index contributed by atoms with van der Waals surface area (Å²) in [4.78, 5) is 0. The third-order valence-electron chi connectivity index (χ3n) is 2.45. The Morgan fingerprint density at radius 3 is 2.27 bits per heavy atom. The third-order valence-corrected chi connectivity index (χ3v) is 2.45. The van der Waals surface area contributed by atoms with Crippen LogP contribution in [0.4, 0.5) is 0 Å². The van der Waals surface area contributed by atoms with E-state index < -0.39 is 0 Å². The lowest BCUT2D eigenvalue weighted by atomic mass is 9.89. The fourth-order valence-electron chi connectivity index (χ4n) is 1.54. The predicted octanol–water partition coefficient (Wildman–Crippen LogP) is 2.89. The van der Waals surface area contributed by atoms with Gasteiger partial charge in [-0.1, -0.05) is 26.0 Å². The molecule has 1 N–H and O–H groups in total. The maximum absolute atomic E-state index is 8.59. The first-order valence-electron chi connectivity index (χ1n) is 5.00. The third kappa shape index (κ3) is 2.98. The summed E-state index contributed by atoms with van der Waals surface area (Å²) in [7, 11) is 1.64. The maximum atomic E-state index is 8.59. The van der Waals surface area contributed by atoms with E-state index in [1.807, 2.05) is 24.3 Å². The first-order valence-corrected chi connectivity index (χ1v) is 5.00. The van der Waals surface area contributed by atoms with Crippen molar-refractivity contribution in [2.75, 3.05) is 7.11 Å². The SMILES string of the molecule is COc1ccc([C@@H](/C=N/O)C(C)C)cc1. The van der Waals surface area contributed by atoms with E-state index in [4.69, 9.17) is 9.94 Å². The first kappa shape index (κ1) is 11.6. The van der Waals surface area contributed by atoms with Gasteiger partial charge in [0.25, 0.3) is 0 Å². The van der Waals surface area contributed by atoms with Gasteiger partial charge in [-0.25, -0.2) is 0 Å². The Labute approximate surface area is 90.4 Å². The highest BCUT2D eigenvalue weighted by Gasteiger charge is 2.13. The van der Waals surface area contributed by atoms with E-state index in [9.17, 15) is 0 Å². The summed E-state index contributed by atoms with van der Waals surface area (Å²) in [5.41, 5.74) is 1.13. The zero-order valence-electron chi connectivity index (χ0n) is 9.34. The van der Waals surface area contributed by atoms with Crippen LogP contribution in [0.25, 0.3) is 0 Å². The van der Waals surface area contributed by atoms with Gasteiger partial charge >= 0.3 is 0 Å². The highest BCUT2D eigenvalue weighted by molar-refractivity contribution is 5.67. The van der Waals surface area contributed by atoms with E-state index in [0.29, 0.717) is 5.92 Å². The average molecular weight is 207 g/mol. The molecule has 15 heavy (non-hydrogen) atoms. The molecule has 3 nitrogen and oxygen atoms in total. The molecular formula is C12H17NO2. The maximum Gasteiger partial charge on any atom is 0.118 e. The fraction of sp³-hybridized carbons (Fsp3) is 0.417. The molecule has 0 saturated carbocycles. The second kappa shape index (κ2) is 5.39. The smallest absolute Gasteiger partial charge is 0.118 e. The minimum absolute atomic E-state index is 0.140. The molecule has 0 saturated heterocycles. The minimum Gasteiger partial charge on any atom is -0.497 e. The van der Waals surface area contributed by atoms with E-state index in [0.717, 1.165) is 11.3 Å². The van der Waals surface area contributed by atoms with Crippen molar-refractivity contribution in [1.29, 1.82) is 0 Å². The lowest BCUT2D eigenvalue weighted by Gasteiger charge is -2.16. The molecule has 0 aliphatic heterocycles. The zero-order valence-corrected chi connectivity index (χ0v) is 9.34. The van der Waals surface area contributed by atoms with Crippen LogP contribution in [0.3, 0.4) is 0 Å². The Bertz CT molecular complexity index is 317. The number of methoxy groups -OCH3 is 1. The van der Waals surface area contributed by atoms with E-state index in [1.54, 1.807) is 13.3 Å². The molecule has 1 rings (SSSR count). The molecule has 0 radical (unpaired) electrons. The number of nitrogens with zero attached hydrogens (tertiary/aromatic N) is 1. The quantitative estimate of drug-likeness (QED) is 0.468. The highest BCUT2D eigenvalue weighted by Crippen LogP contribution is 2.24. The molecule has 1 atom stereocenters. The summed E-state index contributed by atoms with van der Waals surface area (Å²) < 4.78 is 5.09. The number of benzene rings is 1. The van der Waals surface area contributed by atoms with Crippen molar-refractivity contribution in [1.82, 2.24) is 0 Å².